The number of benzene rings is 2. The van der Waals surface area contributed by atoms with Gasteiger partial charge in [0.25, 0.3) is 11.6 Å². The summed E-state index contributed by atoms with van der Waals surface area (Å²) in [6.07, 6.45) is 0. The Labute approximate surface area is 119 Å². The number of nitro benzene ring substituents is 1. The lowest BCUT2D eigenvalue weighted by atomic mass is 10.2. The molecule has 2 aromatic rings. The van der Waals surface area contributed by atoms with Gasteiger partial charge in [-0.25, -0.2) is 0 Å². The molecule has 6 nitrogen and oxygen atoms in total. The predicted molar refractivity (Wildman–Crippen MR) is 75.6 cm³/mol. The van der Waals surface area contributed by atoms with E-state index in [-0.39, 0.29) is 11.3 Å². The number of carbonyl (C=O) groups is 1. The largest absolute Gasteiger partial charge is 0.298 e. The summed E-state index contributed by atoms with van der Waals surface area (Å²) in [4.78, 5) is 22.1. The highest BCUT2D eigenvalue weighted by Crippen LogP contribution is 2.17. The molecule has 0 aliphatic heterocycles. The monoisotopic (exact) mass is 291 g/mol. The van der Waals surface area contributed by atoms with Gasteiger partial charge in [0, 0.05) is 11.1 Å². The lowest BCUT2D eigenvalue weighted by Crippen LogP contribution is -2.29. The van der Waals surface area contributed by atoms with Gasteiger partial charge in [0.15, 0.2) is 0 Å². The molecule has 102 valence electrons. The highest BCUT2D eigenvalue weighted by atomic mass is 35.5. The van der Waals surface area contributed by atoms with Gasteiger partial charge < -0.3 is 0 Å². The Bertz CT molecular complexity index is 644. The summed E-state index contributed by atoms with van der Waals surface area (Å²) in [7, 11) is 0. The van der Waals surface area contributed by atoms with E-state index in [1.54, 1.807) is 30.3 Å². The molecule has 0 fully saturated rings. The minimum absolute atomic E-state index is 0.0148. The van der Waals surface area contributed by atoms with Crippen molar-refractivity contribution in [1.82, 2.24) is 5.43 Å². The first-order chi connectivity index (χ1) is 9.58. The number of para-hydroxylation sites is 1. The normalized spacial score (nSPS) is 9.85. The second-order valence-electron chi connectivity index (χ2n) is 3.86. The van der Waals surface area contributed by atoms with E-state index in [0.29, 0.717) is 10.7 Å². The van der Waals surface area contributed by atoms with Crippen molar-refractivity contribution in [2.75, 3.05) is 5.43 Å². The van der Waals surface area contributed by atoms with E-state index in [1.165, 1.54) is 18.2 Å². The van der Waals surface area contributed by atoms with E-state index in [1.807, 2.05) is 0 Å². The summed E-state index contributed by atoms with van der Waals surface area (Å²) >= 11 is 5.74. The van der Waals surface area contributed by atoms with Gasteiger partial charge in [-0.15, -0.1) is 0 Å². The first kappa shape index (κ1) is 13.8. The van der Waals surface area contributed by atoms with Gasteiger partial charge in [-0.1, -0.05) is 23.7 Å². The van der Waals surface area contributed by atoms with Crippen LogP contribution in [0.15, 0.2) is 48.5 Å². The molecule has 0 aliphatic rings. The van der Waals surface area contributed by atoms with E-state index >= 15 is 0 Å². The molecule has 0 atom stereocenters. The number of hydrogen-bond acceptors (Lipinski definition) is 4. The molecule has 0 bridgehead atoms. The number of nitrogens with one attached hydrogen (secondary N) is 2. The number of hydrazine groups is 1. The summed E-state index contributed by atoms with van der Waals surface area (Å²) < 4.78 is 0. The van der Waals surface area contributed by atoms with Crippen LogP contribution in [0, 0.1) is 10.1 Å². The Hall–Kier alpha value is -2.60. The topological polar surface area (TPSA) is 84.3 Å². The van der Waals surface area contributed by atoms with Crippen molar-refractivity contribution in [3.8, 4) is 0 Å². The van der Waals surface area contributed by atoms with Crippen LogP contribution in [0.1, 0.15) is 10.4 Å². The van der Waals surface area contributed by atoms with Gasteiger partial charge in [-0.05, 0) is 30.3 Å². The fourth-order valence-electron chi connectivity index (χ4n) is 1.55. The van der Waals surface area contributed by atoms with Gasteiger partial charge in [0.2, 0.25) is 0 Å². The highest BCUT2D eigenvalue weighted by Gasteiger charge is 2.18. The minimum atomic E-state index is -0.600. The SMILES string of the molecule is O=C(NNc1ccc(Cl)cc1)c1ccccc1[N+](=O)[O-]. The molecule has 2 N–H and O–H groups in total. The van der Waals surface area contributed by atoms with E-state index in [2.05, 4.69) is 10.9 Å². The molecule has 0 aromatic heterocycles. The zero-order valence-corrected chi connectivity index (χ0v) is 10.9. The van der Waals surface area contributed by atoms with Gasteiger partial charge in [-0.3, -0.25) is 25.8 Å². The average Bonchev–Trinajstić information content (AvgIpc) is 2.46. The van der Waals surface area contributed by atoms with Gasteiger partial charge in [0.1, 0.15) is 5.56 Å². The molecule has 0 heterocycles. The predicted octanol–water partition coefficient (Wildman–Crippen LogP) is 3.01. The van der Waals surface area contributed by atoms with Crippen molar-refractivity contribution < 1.29 is 9.72 Å². The fourth-order valence-corrected chi connectivity index (χ4v) is 1.68. The van der Waals surface area contributed by atoms with Gasteiger partial charge in [-0.2, -0.15) is 0 Å². The Balaban J connectivity index is 2.09. The Morgan fingerprint density at radius 3 is 2.40 bits per heavy atom. The van der Waals surface area contributed by atoms with Crippen molar-refractivity contribution in [2.24, 2.45) is 0 Å². The molecule has 0 saturated heterocycles. The second-order valence-corrected chi connectivity index (χ2v) is 4.30. The highest BCUT2D eigenvalue weighted by molar-refractivity contribution is 6.30. The third-order valence-electron chi connectivity index (χ3n) is 2.51. The summed E-state index contributed by atoms with van der Waals surface area (Å²) in [6.45, 7) is 0. The van der Waals surface area contributed by atoms with Crippen LogP contribution in [0.25, 0.3) is 0 Å². The summed E-state index contributed by atoms with van der Waals surface area (Å²) in [5, 5.41) is 11.4. The van der Waals surface area contributed by atoms with Crippen molar-refractivity contribution in [3.63, 3.8) is 0 Å². The van der Waals surface area contributed by atoms with Crippen molar-refractivity contribution in [2.45, 2.75) is 0 Å². The van der Waals surface area contributed by atoms with Crippen LogP contribution in [0.5, 0.6) is 0 Å². The number of nitrogens with zero attached hydrogens (tertiary/aromatic N) is 1. The smallest absolute Gasteiger partial charge is 0.282 e. The number of halogens is 1. The second kappa shape index (κ2) is 6.03. The van der Waals surface area contributed by atoms with Crippen molar-refractivity contribution in [3.05, 3.63) is 69.2 Å². The lowest BCUT2D eigenvalue weighted by Gasteiger charge is -2.08. The van der Waals surface area contributed by atoms with Crippen molar-refractivity contribution >= 4 is 28.9 Å². The maximum Gasteiger partial charge on any atom is 0.282 e. The van der Waals surface area contributed by atoms with Crippen molar-refractivity contribution in [1.29, 1.82) is 0 Å². The molecule has 20 heavy (non-hydrogen) atoms. The number of anilines is 1. The van der Waals surface area contributed by atoms with Gasteiger partial charge in [0.05, 0.1) is 10.6 Å². The van der Waals surface area contributed by atoms with E-state index in [0.717, 1.165) is 0 Å². The molecule has 2 aromatic carbocycles. The van der Waals surface area contributed by atoms with Crippen LogP contribution >= 0.6 is 11.6 Å². The first-order valence-electron chi connectivity index (χ1n) is 5.63. The van der Waals surface area contributed by atoms with Gasteiger partial charge >= 0.3 is 0 Å². The van der Waals surface area contributed by atoms with Crippen LogP contribution < -0.4 is 10.9 Å². The fraction of sp³-hybridized carbons (Fsp3) is 0. The number of rotatable bonds is 4. The van der Waals surface area contributed by atoms with Crippen LogP contribution in [0.2, 0.25) is 5.02 Å². The molecular formula is C13H10ClN3O3. The van der Waals surface area contributed by atoms with Crippen LogP contribution in [-0.2, 0) is 0 Å². The Morgan fingerprint density at radius 1 is 1.10 bits per heavy atom. The molecule has 0 unspecified atom stereocenters. The summed E-state index contributed by atoms with van der Waals surface area (Å²) in [5.74, 6) is -0.591. The Kier molecular flexibility index (Phi) is 4.17. The molecule has 0 saturated carbocycles. The van der Waals surface area contributed by atoms with E-state index in [4.69, 9.17) is 11.6 Å². The lowest BCUT2D eigenvalue weighted by molar-refractivity contribution is -0.385. The van der Waals surface area contributed by atoms with Crippen LogP contribution in [0.3, 0.4) is 0 Å². The number of carbonyl (C=O) groups excluding carboxylic acids is 1. The minimum Gasteiger partial charge on any atom is -0.298 e. The third-order valence-corrected chi connectivity index (χ3v) is 2.76. The molecule has 0 radical (unpaired) electrons. The molecular weight excluding hydrogens is 282 g/mol. The van der Waals surface area contributed by atoms with E-state index in [9.17, 15) is 14.9 Å². The maximum absolute atomic E-state index is 11.9. The van der Waals surface area contributed by atoms with E-state index < -0.39 is 10.8 Å². The molecule has 0 spiro atoms. The number of hydrogen-bond donors (Lipinski definition) is 2. The average molecular weight is 292 g/mol. The summed E-state index contributed by atoms with van der Waals surface area (Å²) in [5.41, 5.74) is 5.40. The third kappa shape index (κ3) is 3.24. The Morgan fingerprint density at radius 2 is 1.75 bits per heavy atom. The zero-order valence-electron chi connectivity index (χ0n) is 10.2. The summed E-state index contributed by atoms with van der Waals surface area (Å²) in [6, 6.07) is 12.4. The molecule has 2 rings (SSSR count). The zero-order chi connectivity index (χ0) is 14.5. The maximum atomic E-state index is 11.9. The van der Waals surface area contributed by atoms with Crippen LogP contribution in [0.4, 0.5) is 11.4 Å². The number of amides is 1. The molecule has 1 amide bonds. The standard InChI is InChI=1S/C13H10ClN3O3/c14-9-5-7-10(8-6-9)15-16-13(18)11-3-1-2-4-12(11)17(19)20/h1-8,15H,(H,16,18). The first-order valence-corrected chi connectivity index (χ1v) is 6.01. The quantitative estimate of drug-likeness (QED) is 0.670. The van der Waals surface area contributed by atoms with Crippen LogP contribution in [-0.4, -0.2) is 10.8 Å². The molecule has 7 heteroatoms. The number of nitro groups is 1. The molecule has 0 aliphatic carbocycles.